The Kier molecular flexibility index (Phi) is 6.67. The highest BCUT2D eigenvalue weighted by Crippen LogP contribution is 2.29. The molecule has 5 heteroatoms. The molecule has 0 spiro atoms. The highest BCUT2D eigenvalue weighted by Gasteiger charge is 2.25. The van der Waals surface area contributed by atoms with Gasteiger partial charge in [-0.25, -0.2) is 0 Å². The quantitative estimate of drug-likeness (QED) is 0.541. The van der Waals surface area contributed by atoms with Crippen LogP contribution in [0, 0.1) is 5.92 Å². The molecule has 1 atom stereocenters. The largest absolute Gasteiger partial charge is 0.361 e. The van der Waals surface area contributed by atoms with Crippen molar-refractivity contribution in [2.75, 3.05) is 19.6 Å². The Labute approximate surface area is 177 Å². The molecule has 0 saturated carbocycles. The number of rotatable bonds is 8. The Bertz CT molecular complexity index is 909. The van der Waals surface area contributed by atoms with Crippen molar-refractivity contribution in [1.29, 1.82) is 0 Å². The topological polar surface area (TPSA) is 48.1 Å². The molecule has 0 bridgehead atoms. The molecule has 1 saturated heterocycles. The first kappa shape index (κ1) is 20.2. The van der Waals surface area contributed by atoms with Crippen LogP contribution in [0.1, 0.15) is 49.1 Å². The van der Waals surface area contributed by atoms with Gasteiger partial charge in [-0.15, -0.1) is 11.3 Å². The summed E-state index contributed by atoms with van der Waals surface area (Å²) in [7, 11) is 0. The van der Waals surface area contributed by atoms with E-state index in [0.717, 1.165) is 31.8 Å². The maximum Gasteiger partial charge on any atom is 0.220 e. The summed E-state index contributed by atoms with van der Waals surface area (Å²) in [5, 5.41) is 6.62. The molecule has 2 aromatic heterocycles. The molecule has 1 aromatic carbocycles. The van der Waals surface area contributed by atoms with Crippen LogP contribution in [0.15, 0.2) is 48.0 Å². The van der Waals surface area contributed by atoms with Crippen LogP contribution in [-0.4, -0.2) is 35.4 Å². The number of thiophene rings is 1. The van der Waals surface area contributed by atoms with E-state index in [9.17, 15) is 4.79 Å². The molecule has 3 aromatic rings. The van der Waals surface area contributed by atoms with Gasteiger partial charge in [0.1, 0.15) is 0 Å². The molecular formula is C24H31N3OS. The van der Waals surface area contributed by atoms with Gasteiger partial charge >= 0.3 is 0 Å². The normalized spacial score (nSPS) is 16.9. The highest BCUT2D eigenvalue weighted by molar-refractivity contribution is 7.10. The molecule has 2 N–H and O–H groups in total. The van der Waals surface area contributed by atoms with Crippen molar-refractivity contribution in [3.8, 4) is 0 Å². The van der Waals surface area contributed by atoms with Gasteiger partial charge in [-0.05, 0) is 67.8 Å². The summed E-state index contributed by atoms with van der Waals surface area (Å²) >= 11 is 1.80. The van der Waals surface area contributed by atoms with Crippen LogP contribution in [-0.2, 0) is 11.2 Å². The Hall–Kier alpha value is -2.11. The maximum atomic E-state index is 12.5. The first-order valence-corrected chi connectivity index (χ1v) is 11.7. The molecule has 0 unspecified atom stereocenters. The third-order valence-corrected chi connectivity index (χ3v) is 7.12. The fourth-order valence-electron chi connectivity index (χ4n) is 4.31. The number of nitrogens with one attached hydrogen (secondary N) is 2. The molecular weight excluding hydrogens is 378 g/mol. The van der Waals surface area contributed by atoms with Gasteiger partial charge in [0.25, 0.3) is 0 Å². The third kappa shape index (κ3) is 5.09. The Balaban J connectivity index is 1.28. The number of fused-ring (bicyclic) bond motifs is 1. The van der Waals surface area contributed by atoms with Crippen molar-refractivity contribution >= 4 is 28.1 Å². The van der Waals surface area contributed by atoms with Crippen molar-refractivity contribution in [3.63, 3.8) is 0 Å². The summed E-state index contributed by atoms with van der Waals surface area (Å²) in [5.41, 5.74) is 2.47. The van der Waals surface area contributed by atoms with Crippen LogP contribution in [0.4, 0.5) is 0 Å². The van der Waals surface area contributed by atoms with E-state index >= 15 is 0 Å². The SMILES string of the molecule is CC1CCN([C@@H](CNC(=O)CCCc2c[nH]c3ccccc23)c2cccs2)CC1. The third-order valence-electron chi connectivity index (χ3n) is 6.15. The molecule has 4 nitrogen and oxygen atoms in total. The monoisotopic (exact) mass is 409 g/mol. The molecule has 3 heterocycles. The molecule has 0 radical (unpaired) electrons. The molecule has 0 aliphatic carbocycles. The number of hydrogen-bond acceptors (Lipinski definition) is 3. The molecule has 1 aliphatic rings. The smallest absolute Gasteiger partial charge is 0.220 e. The van der Waals surface area contributed by atoms with Gasteiger partial charge in [0, 0.05) is 34.9 Å². The van der Waals surface area contributed by atoms with E-state index in [1.165, 1.54) is 34.2 Å². The Morgan fingerprint density at radius 1 is 1.24 bits per heavy atom. The van der Waals surface area contributed by atoms with Crippen LogP contribution < -0.4 is 5.32 Å². The zero-order valence-electron chi connectivity index (χ0n) is 17.2. The predicted molar refractivity (Wildman–Crippen MR) is 121 cm³/mol. The predicted octanol–water partition coefficient (Wildman–Crippen LogP) is 5.14. The van der Waals surface area contributed by atoms with E-state index in [0.29, 0.717) is 19.0 Å². The molecule has 1 aliphatic heterocycles. The van der Waals surface area contributed by atoms with Crippen LogP contribution in [0.2, 0.25) is 0 Å². The number of aromatic amines is 1. The van der Waals surface area contributed by atoms with Crippen LogP contribution in [0.3, 0.4) is 0 Å². The number of aryl methyl sites for hydroxylation is 1. The number of carbonyl (C=O) groups is 1. The fraction of sp³-hybridized carbons (Fsp3) is 0.458. The number of benzene rings is 1. The van der Waals surface area contributed by atoms with Gasteiger partial charge in [0.05, 0.1) is 6.04 Å². The average molecular weight is 410 g/mol. The minimum absolute atomic E-state index is 0.164. The number of nitrogens with zero attached hydrogens (tertiary/aromatic N) is 1. The molecule has 1 fully saturated rings. The number of H-pyrrole nitrogens is 1. The molecule has 1 amide bonds. The summed E-state index contributed by atoms with van der Waals surface area (Å²) in [6.45, 7) is 5.30. The standard InChI is InChI=1S/C24H31N3OS/c1-18-11-13-27(14-12-18)22(23-9-5-15-29-23)17-26-24(28)10-4-6-19-16-25-21-8-3-2-7-20(19)21/h2-3,5,7-9,15-16,18,22,25H,4,6,10-14,17H2,1H3,(H,26,28)/t22-/m0/s1. The minimum atomic E-state index is 0.164. The lowest BCUT2D eigenvalue weighted by atomic mass is 9.97. The van der Waals surface area contributed by atoms with Crippen LogP contribution in [0.5, 0.6) is 0 Å². The fourth-order valence-corrected chi connectivity index (χ4v) is 5.17. The molecule has 4 rings (SSSR count). The zero-order valence-corrected chi connectivity index (χ0v) is 18.0. The van der Waals surface area contributed by atoms with E-state index in [-0.39, 0.29) is 5.91 Å². The summed E-state index contributed by atoms with van der Waals surface area (Å²) in [6, 6.07) is 13.0. The highest BCUT2D eigenvalue weighted by atomic mass is 32.1. The number of aromatic nitrogens is 1. The maximum absolute atomic E-state index is 12.5. The molecule has 29 heavy (non-hydrogen) atoms. The van der Waals surface area contributed by atoms with Gasteiger partial charge < -0.3 is 10.3 Å². The average Bonchev–Trinajstić information content (AvgIpc) is 3.40. The number of amides is 1. The summed E-state index contributed by atoms with van der Waals surface area (Å²) in [5.74, 6) is 0.978. The van der Waals surface area contributed by atoms with E-state index in [4.69, 9.17) is 0 Å². The zero-order chi connectivity index (χ0) is 20.1. The Morgan fingerprint density at radius 2 is 2.07 bits per heavy atom. The lowest BCUT2D eigenvalue weighted by Crippen LogP contribution is -2.41. The van der Waals surface area contributed by atoms with Gasteiger partial charge in [0.2, 0.25) is 5.91 Å². The van der Waals surface area contributed by atoms with E-state index < -0.39 is 0 Å². The summed E-state index contributed by atoms with van der Waals surface area (Å²) in [4.78, 5) is 19.7. The number of carbonyl (C=O) groups excluding carboxylic acids is 1. The van der Waals surface area contributed by atoms with Gasteiger partial charge in [0.15, 0.2) is 0 Å². The van der Waals surface area contributed by atoms with Crippen LogP contribution in [0.25, 0.3) is 10.9 Å². The van der Waals surface area contributed by atoms with Crippen molar-refractivity contribution in [2.24, 2.45) is 5.92 Å². The second-order valence-electron chi connectivity index (χ2n) is 8.27. The van der Waals surface area contributed by atoms with Gasteiger partial charge in [-0.3, -0.25) is 9.69 Å². The van der Waals surface area contributed by atoms with E-state index in [1.807, 2.05) is 6.07 Å². The molecule has 154 valence electrons. The number of para-hydroxylation sites is 1. The number of hydrogen-bond donors (Lipinski definition) is 2. The number of likely N-dealkylation sites (tertiary alicyclic amines) is 1. The first-order chi connectivity index (χ1) is 14.2. The lowest BCUT2D eigenvalue weighted by molar-refractivity contribution is -0.121. The Morgan fingerprint density at radius 3 is 2.86 bits per heavy atom. The van der Waals surface area contributed by atoms with E-state index in [1.54, 1.807) is 11.3 Å². The number of piperidine rings is 1. The second kappa shape index (κ2) is 9.59. The van der Waals surface area contributed by atoms with Gasteiger partial charge in [-0.2, -0.15) is 0 Å². The van der Waals surface area contributed by atoms with E-state index in [2.05, 4.69) is 64.0 Å². The van der Waals surface area contributed by atoms with Gasteiger partial charge in [-0.1, -0.05) is 31.2 Å². The van der Waals surface area contributed by atoms with Crippen molar-refractivity contribution < 1.29 is 4.79 Å². The lowest BCUT2D eigenvalue weighted by Gasteiger charge is -2.36. The van der Waals surface area contributed by atoms with Crippen LogP contribution >= 0.6 is 11.3 Å². The second-order valence-corrected chi connectivity index (χ2v) is 9.25. The van der Waals surface area contributed by atoms with Crippen molar-refractivity contribution in [1.82, 2.24) is 15.2 Å². The minimum Gasteiger partial charge on any atom is -0.361 e. The van der Waals surface area contributed by atoms with Crippen molar-refractivity contribution in [2.45, 2.75) is 45.1 Å². The summed E-state index contributed by atoms with van der Waals surface area (Å²) in [6.07, 6.45) is 6.95. The van der Waals surface area contributed by atoms with Crippen molar-refractivity contribution in [3.05, 3.63) is 58.4 Å². The summed E-state index contributed by atoms with van der Waals surface area (Å²) < 4.78 is 0. The first-order valence-electron chi connectivity index (χ1n) is 10.8.